The summed E-state index contributed by atoms with van der Waals surface area (Å²) in [6.07, 6.45) is 8.06. The van der Waals surface area contributed by atoms with Crippen molar-refractivity contribution in [2.75, 3.05) is 0 Å². The van der Waals surface area contributed by atoms with Crippen LogP contribution in [0.25, 0.3) is 0 Å². The molecule has 2 aliphatic carbocycles. The zero-order chi connectivity index (χ0) is 8.82. The molecule has 2 saturated carbocycles. The lowest BCUT2D eigenvalue weighted by Crippen LogP contribution is -2.48. The van der Waals surface area contributed by atoms with Crippen LogP contribution in [-0.2, 0) is 4.79 Å². The second kappa shape index (κ2) is 2.34. The SMILES string of the molecule is CC(C)(C=O)C1CC2(CCC2)C1. The first kappa shape index (κ1) is 8.28. The van der Waals surface area contributed by atoms with Crippen molar-refractivity contribution in [1.82, 2.24) is 0 Å². The molecule has 1 heteroatoms. The van der Waals surface area contributed by atoms with Crippen molar-refractivity contribution < 1.29 is 4.79 Å². The second-order valence-electron chi connectivity index (χ2n) is 5.40. The molecule has 2 fully saturated rings. The van der Waals surface area contributed by atoms with Crippen LogP contribution in [0.3, 0.4) is 0 Å². The molecule has 0 aliphatic heterocycles. The largest absolute Gasteiger partial charge is 0.303 e. The normalized spacial score (nSPS) is 27.8. The van der Waals surface area contributed by atoms with Crippen LogP contribution in [0.5, 0.6) is 0 Å². The van der Waals surface area contributed by atoms with Crippen LogP contribution < -0.4 is 0 Å². The van der Waals surface area contributed by atoms with Gasteiger partial charge in [-0.05, 0) is 37.0 Å². The van der Waals surface area contributed by atoms with Gasteiger partial charge in [-0.2, -0.15) is 0 Å². The quantitative estimate of drug-likeness (QED) is 0.576. The van der Waals surface area contributed by atoms with Gasteiger partial charge in [-0.15, -0.1) is 0 Å². The van der Waals surface area contributed by atoms with Gasteiger partial charge in [0, 0.05) is 5.41 Å². The average molecular weight is 166 g/mol. The third-order valence-corrected chi connectivity index (χ3v) is 4.13. The lowest BCUT2D eigenvalue weighted by Gasteiger charge is -2.57. The number of carbonyl (C=O) groups is 1. The van der Waals surface area contributed by atoms with E-state index in [0.717, 1.165) is 6.29 Å². The summed E-state index contributed by atoms with van der Waals surface area (Å²) >= 11 is 0. The van der Waals surface area contributed by atoms with Crippen LogP contribution in [0.2, 0.25) is 0 Å². The van der Waals surface area contributed by atoms with Crippen molar-refractivity contribution in [3.63, 3.8) is 0 Å². The summed E-state index contributed by atoms with van der Waals surface area (Å²) in [5.41, 5.74) is 0.659. The molecule has 1 spiro atoms. The van der Waals surface area contributed by atoms with Crippen LogP contribution in [-0.4, -0.2) is 6.29 Å². The van der Waals surface area contributed by atoms with Gasteiger partial charge in [-0.25, -0.2) is 0 Å². The Morgan fingerprint density at radius 3 is 2.25 bits per heavy atom. The molecule has 0 unspecified atom stereocenters. The highest BCUT2D eigenvalue weighted by Crippen LogP contribution is 2.62. The Balaban J connectivity index is 1.91. The molecular formula is C11H18O. The van der Waals surface area contributed by atoms with Crippen LogP contribution in [0.1, 0.15) is 46.0 Å². The summed E-state index contributed by atoms with van der Waals surface area (Å²) < 4.78 is 0. The van der Waals surface area contributed by atoms with E-state index in [4.69, 9.17) is 0 Å². The maximum atomic E-state index is 10.8. The molecule has 0 amide bonds. The Kier molecular flexibility index (Phi) is 1.61. The van der Waals surface area contributed by atoms with Gasteiger partial charge in [0.25, 0.3) is 0 Å². The Morgan fingerprint density at radius 1 is 1.33 bits per heavy atom. The fourth-order valence-electron chi connectivity index (χ4n) is 2.69. The van der Waals surface area contributed by atoms with E-state index in [1.165, 1.54) is 32.1 Å². The summed E-state index contributed by atoms with van der Waals surface area (Å²) in [6, 6.07) is 0. The topological polar surface area (TPSA) is 17.1 Å². The molecule has 0 aromatic carbocycles. The molecule has 0 radical (unpaired) electrons. The van der Waals surface area contributed by atoms with E-state index in [1.54, 1.807) is 0 Å². The van der Waals surface area contributed by atoms with Gasteiger partial charge in [0.15, 0.2) is 0 Å². The Bertz CT molecular complexity index is 193. The van der Waals surface area contributed by atoms with Crippen molar-refractivity contribution in [1.29, 1.82) is 0 Å². The number of hydrogen-bond donors (Lipinski definition) is 0. The molecule has 2 aliphatic rings. The third kappa shape index (κ3) is 1.02. The van der Waals surface area contributed by atoms with Gasteiger partial charge in [0.05, 0.1) is 0 Å². The van der Waals surface area contributed by atoms with E-state index in [2.05, 4.69) is 13.8 Å². The van der Waals surface area contributed by atoms with E-state index >= 15 is 0 Å². The van der Waals surface area contributed by atoms with Crippen LogP contribution in [0.4, 0.5) is 0 Å². The van der Waals surface area contributed by atoms with E-state index in [0.29, 0.717) is 11.3 Å². The van der Waals surface area contributed by atoms with Crippen molar-refractivity contribution >= 4 is 6.29 Å². The maximum Gasteiger partial charge on any atom is 0.125 e. The predicted octanol–water partition coefficient (Wildman–Crippen LogP) is 2.79. The fraction of sp³-hybridized carbons (Fsp3) is 0.909. The van der Waals surface area contributed by atoms with Crippen LogP contribution in [0.15, 0.2) is 0 Å². The van der Waals surface area contributed by atoms with Gasteiger partial charge in [0.1, 0.15) is 6.29 Å². The van der Waals surface area contributed by atoms with Crippen LogP contribution >= 0.6 is 0 Å². The molecule has 0 saturated heterocycles. The highest BCUT2D eigenvalue weighted by molar-refractivity contribution is 5.59. The first-order valence-electron chi connectivity index (χ1n) is 5.04. The van der Waals surface area contributed by atoms with Crippen LogP contribution in [0, 0.1) is 16.7 Å². The predicted molar refractivity (Wildman–Crippen MR) is 48.9 cm³/mol. The lowest BCUT2D eigenvalue weighted by molar-refractivity contribution is -0.128. The van der Waals surface area contributed by atoms with Crippen molar-refractivity contribution in [2.24, 2.45) is 16.7 Å². The molecule has 0 bridgehead atoms. The fourth-order valence-corrected chi connectivity index (χ4v) is 2.69. The van der Waals surface area contributed by atoms with Crippen molar-refractivity contribution in [3.8, 4) is 0 Å². The average Bonchev–Trinajstić information content (AvgIpc) is 1.80. The third-order valence-electron chi connectivity index (χ3n) is 4.13. The van der Waals surface area contributed by atoms with E-state index < -0.39 is 0 Å². The molecule has 12 heavy (non-hydrogen) atoms. The molecule has 0 aromatic heterocycles. The first-order chi connectivity index (χ1) is 5.58. The second-order valence-corrected chi connectivity index (χ2v) is 5.40. The minimum Gasteiger partial charge on any atom is -0.303 e. The monoisotopic (exact) mass is 166 g/mol. The Morgan fingerprint density at radius 2 is 1.92 bits per heavy atom. The van der Waals surface area contributed by atoms with Crippen molar-refractivity contribution in [2.45, 2.75) is 46.0 Å². The number of rotatable bonds is 2. The van der Waals surface area contributed by atoms with Gasteiger partial charge in [0.2, 0.25) is 0 Å². The smallest absolute Gasteiger partial charge is 0.125 e. The summed E-state index contributed by atoms with van der Waals surface area (Å²) in [6.45, 7) is 4.16. The number of aldehydes is 1. The molecule has 0 N–H and O–H groups in total. The Labute approximate surface area is 74.5 Å². The molecule has 0 atom stereocenters. The standard InChI is InChI=1S/C11H18O/c1-10(2,8-12)9-6-11(7-9)4-3-5-11/h8-9H,3-7H2,1-2H3. The zero-order valence-electron chi connectivity index (χ0n) is 8.10. The molecule has 68 valence electrons. The number of hydrogen-bond acceptors (Lipinski definition) is 1. The Hall–Kier alpha value is -0.330. The molecule has 2 rings (SSSR count). The maximum absolute atomic E-state index is 10.8. The first-order valence-corrected chi connectivity index (χ1v) is 5.04. The minimum absolute atomic E-state index is 0.0547. The summed E-state index contributed by atoms with van der Waals surface area (Å²) in [7, 11) is 0. The number of carbonyl (C=O) groups excluding carboxylic acids is 1. The van der Waals surface area contributed by atoms with Gasteiger partial charge < -0.3 is 4.79 Å². The summed E-state index contributed by atoms with van der Waals surface area (Å²) in [5.74, 6) is 0.676. The minimum atomic E-state index is -0.0547. The molecular weight excluding hydrogens is 148 g/mol. The van der Waals surface area contributed by atoms with E-state index in [-0.39, 0.29) is 5.41 Å². The zero-order valence-corrected chi connectivity index (χ0v) is 8.10. The highest BCUT2D eigenvalue weighted by atomic mass is 16.1. The van der Waals surface area contributed by atoms with Gasteiger partial charge in [-0.1, -0.05) is 20.3 Å². The highest BCUT2D eigenvalue weighted by Gasteiger charge is 2.52. The van der Waals surface area contributed by atoms with E-state index in [1.807, 2.05) is 0 Å². The van der Waals surface area contributed by atoms with Gasteiger partial charge in [-0.3, -0.25) is 0 Å². The summed E-state index contributed by atoms with van der Waals surface area (Å²) in [5, 5.41) is 0. The lowest BCUT2D eigenvalue weighted by atomic mass is 9.47. The van der Waals surface area contributed by atoms with Gasteiger partial charge >= 0.3 is 0 Å². The molecule has 1 nitrogen and oxygen atoms in total. The van der Waals surface area contributed by atoms with Crippen molar-refractivity contribution in [3.05, 3.63) is 0 Å². The summed E-state index contributed by atoms with van der Waals surface area (Å²) in [4.78, 5) is 10.8. The molecule has 0 aromatic rings. The molecule has 0 heterocycles. The van der Waals surface area contributed by atoms with E-state index in [9.17, 15) is 4.79 Å².